The molecule has 136 valence electrons. The Morgan fingerprint density at radius 2 is 1.92 bits per heavy atom. The van der Waals surface area contributed by atoms with Gasteiger partial charge in [-0.05, 0) is 49.6 Å². The van der Waals surface area contributed by atoms with Crippen LogP contribution in [0.3, 0.4) is 0 Å². The highest BCUT2D eigenvalue weighted by Crippen LogP contribution is 2.22. The Kier molecular flexibility index (Phi) is 5.91. The summed E-state index contributed by atoms with van der Waals surface area (Å²) in [6.07, 6.45) is 2.08. The quantitative estimate of drug-likeness (QED) is 0.697. The van der Waals surface area contributed by atoms with Crippen LogP contribution in [0.25, 0.3) is 0 Å². The van der Waals surface area contributed by atoms with E-state index in [-0.39, 0.29) is 24.4 Å². The van der Waals surface area contributed by atoms with Crippen LogP contribution in [0.5, 0.6) is 0 Å². The van der Waals surface area contributed by atoms with Crippen LogP contribution in [-0.2, 0) is 4.79 Å². The van der Waals surface area contributed by atoms with Crippen LogP contribution in [0.2, 0.25) is 5.02 Å². The van der Waals surface area contributed by atoms with Gasteiger partial charge in [-0.2, -0.15) is 0 Å². The summed E-state index contributed by atoms with van der Waals surface area (Å²) in [5.74, 6) is -0.280. The van der Waals surface area contributed by atoms with Gasteiger partial charge in [0, 0.05) is 28.4 Å². The van der Waals surface area contributed by atoms with Gasteiger partial charge in [0.1, 0.15) is 0 Å². The normalized spacial score (nSPS) is 14.5. The lowest BCUT2D eigenvalue weighted by atomic mass is 10.1. The number of rotatable bonds is 7. The Labute approximate surface area is 158 Å². The molecular weight excluding hydrogens is 350 g/mol. The monoisotopic (exact) mass is 371 g/mol. The molecule has 3 rings (SSSR count). The number of carbonyl (C=O) groups is 2. The lowest BCUT2D eigenvalue weighted by Gasteiger charge is -2.15. The standard InChI is InChI=1S/C20H22ClN3O2/c1-13(17-7-2-3-8-18(17)21)22-12-19(25)23-16-6-4-5-14(11-16)20(26)24-15-9-10-15/h2-8,11,13,15,22H,9-10,12H2,1H3,(H,23,25)(H,24,26)/t13-/m1/s1. The van der Waals surface area contributed by atoms with Crippen LogP contribution in [0.4, 0.5) is 5.69 Å². The van der Waals surface area contributed by atoms with Crippen molar-refractivity contribution >= 4 is 29.1 Å². The molecule has 1 saturated carbocycles. The van der Waals surface area contributed by atoms with Gasteiger partial charge in [-0.25, -0.2) is 0 Å². The van der Waals surface area contributed by atoms with Crippen molar-refractivity contribution in [3.8, 4) is 0 Å². The zero-order chi connectivity index (χ0) is 18.5. The summed E-state index contributed by atoms with van der Waals surface area (Å²) in [7, 11) is 0. The van der Waals surface area contributed by atoms with E-state index in [0.717, 1.165) is 18.4 Å². The minimum absolute atomic E-state index is 0.0508. The summed E-state index contributed by atoms with van der Waals surface area (Å²) < 4.78 is 0. The fourth-order valence-electron chi connectivity index (χ4n) is 2.62. The van der Waals surface area contributed by atoms with Gasteiger partial charge in [0.15, 0.2) is 0 Å². The molecule has 0 aliphatic heterocycles. The van der Waals surface area contributed by atoms with Crippen LogP contribution in [-0.4, -0.2) is 24.4 Å². The van der Waals surface area contributed by atoms with E-state index in [9.17, 15) is 9.59 Å². The maximum absolute atomic E-state index is 12.2. The molecule has 6 heteroatoms. The second-order valence-corrected chi connectivity index (χ2v) is 6.91. The smallest absolute Gasteiger partial charge is 0.251 e. The topological polar surface area (TPSA) is 70.2 Å². The number of hydrogen-bond acceptors (Lipinski definition) is 3. The minimum atomic E-state index is -0.177. The molecule has 2 amide bonds. The van der Waals surface area contributed by atoms with Crippen molar-refractivity contribution in [1.82, 2.24) is 10.6 Å². The van der Waals surface area contributed by atoms with Gasteiger partial charge < -0.3 is 16.0 Å². The largest absolute Gasteiger partial charge is 0.349 e. The molecular formula is C20H22ClN3O2. The molecule has 3 N–H and O–H groups in total. The summed E-state index contributed by atoms with van der Waals surface area (Å²) in [6.45, 7) is 2.10. The van der Waals surface area contributed by atoms with Crippen LogP contribution in [0.15, 0.2) is 48.5 Å². The number of anilines is 1. The number of hydrogen-bond donors (Lipinski definition) is 3. The van der Waals surface area contributed by atoms with Crippen molar-refractivity contribution in [1.29, 1.82) is 0 Å². The zero-order valence-corrected chi connectivity index (χ0v) is 15.3. The third-order valence-electron chi connectivity index (χ3n) is 4.26. The molecule has 0 saturated heterocycles. The van der Waals surface area contributed by atoms with Crippen molar-refractivity contribution in [3.63, 3.8) is 0 Å². The highest BCUT2D eigenvalue weighted by Gasteiger charge is 2.23. The third kappa shape index (κ3) is 5.07. The molecule has 0 radical (unpaired) electrons. The second kappa shape index (κ2) is 8.34. The molecule has 0 aromatic heterocycles. The van der Waals surface area contributed by atoms with Gasteiger partial charge in [0.05, 0.1) is 6.54 Å². The fourth-order valence-corrected chi connectivity index (χ4v) is 2.92. The number of benzene rings is 2. The molecule has 1 aliphatic carbocycles. The lowest BCUT2D eigenvalue weighted by Crippen LogP contribution is -2.30. The van der Waals surface area contributed by atoms with Gasteiger partial charge in [-0.15, -0.1) is 0 Å². The molecule has 1 atom stereocenters. The molecule has 0 bridgehead atoms. The van der Waals surface area contributed by atoms with E-state index in [2.05, 4.69) is 16.0 Å². The van der Waals surface area contributed by atoms with E-state index in [0.29, 0.717) is 22.3 Å². The maximum atomic E-state index is 12.2. The Hall–Kier alpha value is -2.37. The highest BCUT2D eigenvalue weighted by atomic mass is 35.5. The van der Waals surface area contributed by atoms with Crippen molar-refractivity contribution < 1.29 is 9.59 Å². The molecule has 0 unspecified atom stereocenters. The molecule has 1 fully saturated rings. The van der Waals surface area contributed by atoms with E-state index in [4.69, 9.17) is 11.6 Å². The third-order valence-corrected chi connectivity index (χ3v) is 4.61. The number of halogens is 1. The number of amides is 2. The summed E-state index contributed by atoms with van der Waals surface area (Å²) in [4.78, 5) is 24.3. The predicted octanol–water partition coefficient (Wildman–Crippen LogP) is 3.52. The molecule has 5 nitrogen and oxygen atoms in total. The number of carbonyl (C=O) groups excluding carboxylic acids is 2. The van der Waals surface area contributed by atoms with Crippen LogP contribution in [0, 0.1) is 0 Å². The fraction of sp³-hybridized carbons (Fsp3) is 0.300. The Bertz CT molecular complexity index is 805. The zero-order valence-electron chi connectivity index (χ0n) is 14.6. The molecule has 2 aromatic rings. The Morgan fingerprint density at radius 1 is 1.15 bits per heavy atom. The van der Waals surface area contributed by atoms with E-state index in [1.165, 1.54) is 0 Å². The summed E-state index contributed by atoms with van der Waals surface area (Å²) in [6, 6.07) is 14.8. The molecule has 1 aliphatic rings. The SMILES string of the molecule is C[C@@H](NCC(=O)Nc1cccc(C(=O)NC2CC2)c1)c1ccccc1Cl. The van der Waals surface area contributed by atoms with E-state index >= 15 is 0 Å². The van der Waals surface area contributed by atoms with Crippen molar-refractivity contribution in [3.05, 3.63) is 64.7 Å². The first-order valence-electron chi connectivity index (χ1n) is 8.71. The first-order valence-corrected chi connectivity index (χ1v) is 9.09. The highest BCUT2D eigenvalue weighted by molar-refractivity contribution is 6.31. The lowest BCUT2D eigenvalue weighted by molar-refractivity contribution is -0.115. The first kappa shape index (κ1) is 18.4. The Morgan fingerprint density at radius 3 is 2.65 bits per heavy atom. The van der Waals surface area contributed by atoms with E-state index < -0.39 is 0 Å². The average Bonchev–Trinajstić information content (AvgIpc) is 3.44. The summed E-state index contributed by atoms with van der Waals surface area (Å²) in [5, 5.41) is 9.58. The molecule has 0 spiro atoms. The van der Waals surface area contributed by atoms with Crippen molar-refractivity contribution in [2.45, 2.75) is 31.8 Å². The summed E-state index contributed by atoms with van der Waals surface area (Å²) in [5.41, 5.74) is 2.10. The van der Waals surface area contributed by atoms with Gasteiger partial charge in [-0.3, -0.25) is 9.59 Å². The molecule has 0 heterocycles. The molecule has 2 aromatic carbocycles. The maximum Gasteiger partial charge on any atom is 0.251 e. The minimum Gasteiger partial charge on any atom is -0.349 e. The predicted molar refractivity (Wildman–Crippen MR) is 103 cm³/mol. The van der Waals surface area contributed by atoms with Crippen LogP contribution < -0.4 is 16.0 Å². The van der Waals surface area contributed by atoms with Gasteiger partial charge in [0.2, 0.25) is 5.91 Å². The van der Waals surface area contributed by atoms with Crippen LogP contribution in [0.1, 0.15) is 41.7 Å². The van der Waals surface area contributed by atoms with Crippen LogP contribution >= 0.6 is 11.6 Å². The van der Waals surface area contributed by atoms with Gasteiger partial charge >= 0.3 is 0 Å². The molecule has 26 heavy (non-hydrogen) atoms. The van der Waals surface area contributed by atoms with Gasteiger partial charge in [0.25, 0.3) is 5.91 Å². The number of nitrogens with one attached hydrogen (secondary N) is 3. The van der Waals surface area contributed by atoms with E-state index in [1.807, 2.05) is 31.2 Å². The van der Waals surface area contributed by atoms with Crippen molar-refractivity contribution in [2.75, 3.05) is 11.9 Å². The summed E-state index contributed by atoms with van der Waals surface area (Å²) >= 11 is 6.17. The van der Waals surface area contributed by atoms with E-state index in [1.54, 1.807) is 24.3 Å². The Balaban J connectivity index is 1.53. The van der Waals surface area contributed by atoms with Crippen molar-refractivity contribution in [2.24, 2.45) is 0 Å². The van der Waals surface area contributed by atoms with Gasteiger partial charge in [-0.1, -0.05) is 35.9 Å². The average molecular weight is 372 g/mol. The second-order valence-electron chi connectivity index (χ2n) is 6.50. The first-order chi connectivity index (χ1) is 12.5.